The lowest BCUT2D eigenvalue weighted by molar-refractivity contribution is -0.128. The monoisotopic (exact) mass is 2050 g/mol. The van der Waals surface area contributed by atoms with E-state index in [0.717, 1.165) is 97.8 Å². The molecule has 3 aliphatic carbocycles. The van der Waals surface area contributed by atoms with E-state index in [1.807, 2.05) is 6.92 Å². The van der Waals surface area contributed by atoms with Crippen LogP contribution < -0.4 is 0 Å². The average Bonchev–Trinajstić information content (AvgIpc) is 1.60. The molecule has 0 bridgehead atoms. The number of hydrogen-bond donors (Lipinski definition) is 14. The van der Waals surface area contributed by atoms with Gasteiger partial charge in [-0.2, -0.15) is 53.0 Å². The molecule has 0 saturated heterocycles. The highest BCUT2D eigenvalue weighted by Gasteiger charge is 2.39. The minimum absolute atomic E-state index is 0. The Morgan fingerprint density at radius 3 is 0.589 bits per heavy atom. The van der Waals surface area contributed by atoms with Crippen LogP contribution in [0.15, 0.2) is 246 Å². The fraction of sp³-hybridized carbons (Fsp3) is 0.238. The first-order valence-electron chi connectivity index (χ1n) is 44.8. The van der Waals surface area contributed by atoms with Crippen LogP contribution in [0.1, 0.15) is 225 Å². The summed E-state index contributed by atoms with van der Waals surface area (Å²) in [5.41, 5.74) is 5.79. The second-order valence-electron chi connectivity index (χ2n) is 34.2. The Balaban J connectivity index is 0.000000116. The molecule has 24 rings (SSSR count). The van der Waals surface area contributed by atoms with Crippen LogP contribution in [-0.2, 0) is 25.7 Å². The van der Waals surface area contributed by atoms with E-state index in [-0.39, 0.29) is 120 Å². The number of aromatic amines is 7. The van der Waals surface area contributed by atoms with Crippen molar-refractivity contribution in [2.24, 2.45) is 0 Å². The number of nitrogens with one attached hydrogen (secondary N) is 7. The van der Waals surface area contributed by atoms with Crippen LogP contribution in [0.25, 0.3) is 76.8 Å². The van der Waals surface area contributed by atoms with Crippen LogP contribution in [-0.4, -0.2) is 124 Å². The van der Waals surface area contributed by atoms with E-state index in [1.165, 1.54) is 85.9 Å². The molecular weight excluding hydrogens is 1970 g/mol. The van der Waals surface area contributed by atoms with E-state index in [0.29, 0.717) is 91.3 Å². The number of halogens is 16. The Morgan fingerprint density at radius 1 is 0.260 bits per heavy atom. The maximum atomic E-state index is 13.9. The molecule has 21 aromatic rings. The number of aryl methyl sites for hydroxylation is 1. The molecule has 14 N–H and O–H groups in total. The van der Waals surface area contributed by atoms with Gasteiger partial charge in [0.2, 0.25) is 0 Å². The maximum absolute atomic E-state index is 13.9. The molecule has 14 heterocycles. The minimum Gasteiger partial charge on any atom is -0.461 e. The zero-order valence-corrected chi connectivity index (χ0v) is 76.7. The van der Waals surface area contributed by atoms with Gasteiger partial charge in [-0.05, 0) is 150 Å². The summed E-state index contributed by atoms with van der Waals surface area (Å²) in [6, 6.07) is 18.4. The number of fused-ring (bicyclic) bond motifs is 7. The number of aromatic nitrogens is 14. The molecule has 3 saturated carbocycles. The predicted octanol–water partition coefficient (Wildman–Crippen LogP) is 23.3. The zero-order valence-electron chi connectivity index (χ0n) is 75.7. The quantitative estimate of drug-likeness (QED) is 0.0297. The van der Waals surface area contributed by atoms with Gasteiger partial charge in [0.05, 0.1) is 63.1 Å². The van der Waals surface area contributed by atoms with Gasteiger partial charge < -0.3 is 102 Å². The van der Waals surface area contributed by atoms with E-state index in [2.05, 4.69) is 69.8 Å². The second kappa shape index (κ2) is 42.6. The van der Waals surface area contributed by atoms with Crippen molar-refractivity contribution in [2.75, 3.05) is 0 Å². The standard InChI is InChI=1S/3C15H13FN2O2.3C14H10F4N2O2.C14H13FN2O2.H2S/c3*16-11-4-3-9(13(19)15-17-5-6-18-15)12-10(8-1-2-8)7-20-14(11)12;3*15-9-2-1-8(11(21)13-19-3-4-20-13)10-7(5-14(16,17)18)6-22-12(9)10;1-2-8-7-19-13-10(15)4-3-9(11(8)13)12(18)14-16-5-6-17-14;/h3*3-8,13,19H,1-2H2,(H,17,18);3*1-4,6,11,21H,5H2,(H,19,20);3-7,12,18H,2H2,1H3,(H,16,17);1H2/t;;;;;;12-;/m......0./s1. The van der Waals surface area contributed by atoms with Crippen LogP contribution >= 0.6 is 13.5 Å². The fourth-order valence-corrected chi connectivity index (χ4v) is 17.3. The number of benzene rings is 7. The molecule has 0 radical (unpaired) electrons. The van der Waals surface area contributed by atoms with Crippen molar-refractivity contribution < 1.29 is 137 Å². The van der Waals surface area contributed by atoms with E-state index < -0.39 is 121 Å². The summed E-state index contributed by atoms with van der Waals surface area (Å²) in [6.07, 6.45) is 12.8. The molecule has 28 nitrogen and oxygen atoms in total. The Labute approximate surface area is 818 Å². The van der Waals surface area contributed by atoms with Crippen molar-refractivity contribution in [3.8, 4) is 0 Å². The molecule has 7 aromatic carbocycles. The van der Waals surface area contributed by atoms with Gasteiger partial charge in [-0.25, -0.2) is 65.6 Å². The lowest BCUT2D eigenvalue weighted by Gasteiger charge is -2.12. The van der Waals surface area contributed by atoms with Crippen molar-refractivity contribution in [1.82, 2.24) is 69.8 Å². The van der Waals surface area contributed by atoms with Gasteiger partial charge in [0, 0.05) is 158 Å². The average molecular weight is 2050 g/mol. The summed E-state index contributed by atoms with van der Waals surface area (Å²) in [7, 11) is 0. The van der Waals surface area contributed by atoms with Crippen molar-refractivity contribution in [3.05, 3.63) is 375 Å². The molecule has 146 heavy (non-hydrogen) atoms. The highest BCUT2D eigenvalue weighted by atomic mass is 32.1. The molecule has 760 valence electrons. The summed E-state index contributed by atoms with van der Waals surface area (Å²) in [4.78, 5) is 47.3. The van der Waals surface area contributed by atoms with Crippen molar-refractivity contribution in [3.63, 3.8) is 0 Å². The molecule has 3 fully saturated rings. The highest BCUT2D eigenvalue weighted by molar-refractivity contribution is 7.59. The molecular formula is C101H84F16N14O14S. The maximum Gasteiger partial charge on any atom is 0.393 e. The van der Waals surface area contributed by atoms with E-state index in [4.69, 9.17) is 30.9 Å². The van der Waals surface area contributed by atoms with Gasteiger partial charge in [-0.15, -0.1) is 0 Å². The molecule has 45 heteroatoms. The van der Waals surface area contributed by atoms with Gasteiger partial charge >= 0.3 is 18.5 Å². The smallest absolute Gasteiger partial charge is 0.393 e. The number of alkyl halides is 9. The number of aliphatic hydroxyl groups excluding tert-OH is 7. The van der Waals surface area contributed by atoms with Crippen molar-refractivity contribution in [2.45, 2.75) is 150 Å². The van der Waals surface area contributed by atoms with Crippen LogP contribution in [0.3, 0.4) is 0 Å². The van der Waals surface area contributed by atoms with Gasteiger partial charge in [0.15, 0.2) is 79.8 Å². The topological polar surface area (TPSA) is 434 Å². The second-order valence-corrected chi connectivity index (χ2v) is 34.2. The summed E-state index contributed by atoms with van der Waals surface area (Å²) >= 11 is 0. The molecule has 0 aliphatic heterocycles. The summed E-state index contributed by atoms with van der Waals surface area (Å²) < 4.78 is 246. The Hall–Kier alpha value is -15.3. The number of H-pyrrole nitrogens is 7. The van der Waals surface area contributed by atoms with Crippen LogP contribution in [0.4, 0.5) is 70.2 Å². The third kappa shape index (κ3) is 21.9. The summed E-state index contributed by atoms with van der Waals surface area (Å²) in [6.45, 7) is 1.96. The number of aliphatic hydroxyl groups is 7. The lowest BCUT2D eigenvalue weighted by atomic mass is 9.99. The van der Waals surface area contributed by atoms with E-state index >= 15 is 0 Å². The summed E-state index contributed by atoms with van der Waals surface area (Å²) in [5.74, 6) is -0.555. The Bertz CT molecular complexity index is 7350. The lowest BCUT2D eigenvalue weighted by Crippen LogP contribution is -2.12. The van der Waals surface area contributed by atoms with E-state index in [1.54, 1.807) is 92.6 Å². The van der Waals surface area contributed by atoms with Gasteiger partial charge in [0.25, 0.3) is 0 Å². The number of hydrogen-bond acceptors (Lipinski definition) is 21. The number of nitrogens with zero attached hydrogens (tertiary/aromatic N) is 7. The van der Waals surface area contributed by atoms with Gasteiger partial charge in [-0.3, -0.25) is 0 Å². The molecule has 0 spiro atoms. The van der Waals surface area contributed by atoms with Gasteiger partial charge in [0.1, 0.15) is 83.5 Å². The van der Waals surface area contributed by atoms with Crippen LogP contribution in [0.5, 0.6) is 0 Å². The molecule has 14 aromatic heterocycles. The zero-order chi connectivity index (χ0) is 102. The van der Waals surface area contributed by atoms with Crippen molar-refractivity contribution in [1.29, 1.82) is 0 Å². The largest absolute Gasteiger partial charge is 0.461 e. The first kappa shape index (κ1) is 102. The van der Waals surface area contributed by atoms with E-state index in [9.17, 15) is 106 Å². The Morgan fingerprint density at radius 2 is 0.425 bits per heavy atom. The molecule has 3 aliphatic rings. The number of furan rings is 7. The minimum atomic E-state index is -4.48. The third-order valence-corrected chi connectivity index (χ3v) is 24.4. The number of rotatable bonds is 21. The normalized spacial score (nSPS) is 14.7. The van der Waals surface area contributed by atoms with Crippen molar-refractivity contribution >= 4 is 90.3 Å². The van der Waals surface area contributed by atoms with Crippen LogP contribution in [0, 0.1) is 40.7 Å². The third-order valence-electron chi connectivity index (χ3n) is 24.4. The fourth-order valence-electron chi connectivity index (χ4n) is 17.3. The number of imidazole rings is 7. The molecule has 0 amide bonds. The summed E-state index contributed by atoms with van der Waals surface area (Å²) in [5, 5.41) is 75.0. The van der Waals surface area contributed by atoms with Crippen LogP contribution in [0.2, 0.25) is 0 Å². The Kier molecular flexibility index (Phi) is 29.8. The predicted molar refractivity (Wildman–Crippen MR) is 497 cm³/mol. The molecule has 6 unspecified atom stereocenters. The molecule has 7 atom stereocenters. The first-order valence-corrected chi connectivity index (χ1v) is 44.8. The highest BCUT2D eigenvalue weighted by Crippen LogP contribution is 2.51. The SMILES string of the molecule is CCc1coc2c(F)ccc([C@H](O)c3ncc[nH]3)c12.OC(c1ncc[nH]1)c1ccc(F)c2occ(C3CC3)c12.OC(c1ncc[nH]1)c1ccc(F)c2occ(C3CC3)c12.OC(c1ncc[nH]1)c1ccc(F)c2occ(C3CC3)c12.OC(c1ncc[nH]1)c1ccc(F)c2occ(CC(F)(F)F)c12.OC(c1ncc[nH]1)c1ccc(F)c2occ(CC(F)(F)F)c12.OC(c1ncc[nH]1)c1ccc(F)c2occ(CC(F)(F)F)c12.S. The first-order chi connectivity index (χ1) is 69.6. The van der Waals surface area contributed by atoms with Gasteiger partial charge in [-0.1, -0.05) is 49.4 Å².